The molecule has 2 aromatic heterocycles. The Bertz CT molecular complexity index is 862. The van der Waals surface area contributed by atoms with Gasteiger partial charge in [0, 0.05) is 36.6 Å². The molecule has 0 bridgehead atoms. The smallest absolute Gasteiger partial charge is 0.252 e. The molecule has 0 aliphatic carbocycles. The van der Waals surface area contributed by atoms with Gasteiger partial charge < -0.3 is 10.6 Å². The second kappa shape index (κ2) is 7.08. The third-order valence-corrected chi connectivity index (χ3v) is 3.74. The van der Waals surface area contributed by atoms with Crippen molar-refractivity contribution in [3.05, 3.63) is 65.6 Å². The average molecular weight is 320 g/mol. The maximum absolute atomic E-state index is 12.6. The Balaban J connectivity index is 1.68. The molecule has 0 spiro atoms. The number of carbonyl (C=O) groups excluding carboxylic acids is 1. The van der Waals surface area contributed by atoms with E-state index in [-0.39, 0.29) is 5.91 Å². The molecule has 1 aromatic carbocycles. The minimum Gasteiger partial charge on any atom is -0.382 e. The molecule has 3 rings (SSSR count). The molecule has 0 unspecified atom stereocenters. The number of hydrogen-bond acceptors (Lipinski definition) is 4. The van der Waals surface area contributed by atoms with Gasteiger partial charge in [-0.2, -0.15) is 0 Å². The molecule has 5 heteroatoms. The molecule has 122 valence electrons. The lowest BCUT2D eigenvalue weighted by Crippen LogP contribution is -2.29. The first-order valence-electron chi connectivity index (χ1n) is 7.93. The predicted octanol–water partition coefficient (Wildman–Crippen LogP) is 3.09. The van der Waals surface area contributed by atoms with Crippen LogP contribution in [0.1, 0.15) is 21.6 Å². The van der Waals surface area contributed by atoms with Gasteiger partial charge in [-0.3, -0.25) is 14.8 Å². The summed E-state index contributed by atoms with van der Waals surface area (Å²) in [5.74, 6) is -0.0795. The Kier molecular flexibility index (Phi) is 4.70. The Morgan fingerprint density at radius 1 is 1.12 bits per heavy atom. The molecule has 2 heterocycles. The summed E-state index contributed by atoms with van der Waals surface area (Å²) in [5.41, 5.74) is 4.40. The molecule has 3 aromatic rings. The third-order valence-electron chi connectivity index (χ3n) is 3.74. The van der Waals surface area contributed by atoms with E-state index in [0.29, 0.717) is 18.7 Å². The molecular formula is C19H20N4O. The van der Waals surface area contributed by atoms with Gasteiger partial charge in [-0.05, 0) is 44.2 Å². The van der Waals surface area contributed by atoms with Crippen molar-refractivity contribution in [1.82, 2.24) is 15.3 Å². The van der Waals surface area contributed by atoms with Crippen LogP contribution in [0, 0.1) is 13.8 Å². The number of aromatic nitrogens is 2. The van der Waals surface area contributed by atoms with Crippen LogP contribution in [0.3, 0.4) is 0 Å². The summed E-state index contributed by atoms with van der Waals surface area (Å²) in [6, 6.07) is 11.6. The Hall–Kier alpha value is -2.95. The summed E-state index contributed by atoms with van der Waals surface area (Å²) in [7, 11) is 0. The van der Waals surface area contributed by atoms with Crippen LogP contribution in [0.15, 0.2) is 48.8 Å². The fourth-order valence-corrected chi connectivity index (χ4v) is 2.61. The summed E-state index contributed by atoms with van der Waals surface area (Å²) >= 11 is 0. The first kappa shape index (κ1) is 15.9. The highest BCUT2D eigenvalue weighted by Gasteiger charge is 2.11. The summed E-state index contributed by atoms with van der Waals surface area (Å²) < 4.78 is 0. The number of aryl methyl sites for hydroxylation is 2. The molecule has 0 aliphatic heterocycles. The molecule has 2 N–H and O–H groups in total. The standard InChI is InChI=1S/C19H20N4O/c1-13-5-6-18-16(10-13)17(11-14(2)23-18)19(24)22-9-8-21-15-4-3-7-20-12-15/h3-7,10-12,21H,8-9H2,1-2H3,(H,22,24). The summed E-state index contributed by atoms with van der Waals surface area (Å²) in [6.07, 6.45) is 3.48. The third kappa shape index (κ3) is 3.68. The van der Waals surface area contributed by atoms with Crippen molar-refractivity contribution in [2.75, 3.05) is 18.4 Å². The largest absolute Gasteiger partial charge is 0.382 e. The van der Waals surface area contributed by atoms with Gasteiger partial charge in [-0.25, -0.2) is 0 Å². The molecule has 5 nitrogen and oxygen atoms in total. The number of pyridine rings is 2. The van der Waals surface area contributed by atoms with Crippen LogP contribution in [0.25, 0.3) is 10.9 Å². The highest BCUT2D eigenvalue weighted by atomic mass is 16.1. The number of hydrogen-bond donors (Lipinski definition) is 2. The van der Waals surface area contributed by atoms with Crippen LogP contribution < -0.4 is 10.6 Å². The van der Waals surface area contributed by atoms with Gasteiger partial charge in [0.15, 0.2) is 0 Å². The molecule has 1 amide bonds. The monoisotopic (exact) mass is 320 g/mol. The number of nitrogens with one attached hydrogen (secondary N) is 2. The molecule has 24 heavy (non-hydrogen) atoms. The van der Waals surface area contributed by atoms with Crippen LogP contribution in [0.5, 0.6) is 0 Å². The Morgan fingerprint density at radius 3 is 2.79 bits per heavy atom. The van der Waals surface area contributed by atoms with E-state index in [1.54, 1.807) is 12.4 Å². The number of fused-ring (bicyclic) bond motifs is 1. The number of carbonyl (C=O) groups is 1. The van der Waals surface area contributed by atoms with Gasteiger partial charge in [0.05, 0.1) is 16.8 Å². The van der Waals surface area contributed by atoms with Crippen LogP contribution in [0.4, 0.5) is 5.69 Å². The highest BCUT2D eigenvalue weighted by Crippen LogP contribution is 2.20. The normalized spacial score (nSPS) is 10.6. The van der Waals surface area contributed by atoms with E-state index in [2.05, 4.69) is 20.6 Å². The van der Waals surface area contributed by atoms with Gasteiger partial charge in [0.2, 0.25) is 0 Å². The van der Waals surface area contributed by atoms with Crippen LogP contribution in [-0.2, 0) is 0 Å². The summed E-state index contributed by atoms with van der Waals surface area (Å²) in [4.78, 5) is 21.1. The fraction of sp³-hybridized carbons (Fsp3) is 0.211. The molecule has 0 saturated heterocycles. The quantitative estimate of drug-likeness (QED) is 0.709. The van der Waals surface area contributed by atoms with Crippen molar-refractivity contribution in [1.29, 1.82) is 0 Å². The lowest BCUT2D eigenvalue weighted by atomic mass is 10.0. The highest BCUT2D eigenvalue weighted by molar-refractivity contribution is 6.06. The zero-order valence-corrected chi connectivity index (χ0v) is 13.8. The van der Waals surface area contributed by atoms with Gasteiger partial charge in [-0.15, -0.1) is 0 Å². The molecule has 0 fully saturated rings. The minimum absolute atomic E-state index is 0.0795. The maximum Gasteiger partial charge on any atom is 0.252 e. The minimum atomic E-state index is -0.0795. The van der Waals surface area contributed by atoms with Crippen molar-refractivity contribution >= 4 is 22.5 Å². The Morgan fingerprint density at radius 2 is 2.00 bits per heavy atom. The first-order chi connectivity index (χ1) is 11.6. The Labute approximate surface area is 141 Å². The molecular weight excluding hydrogens is 300 g/mol. The molecule has 0 aliphatic rings. The van der Waals surface area contributed by atoms with Gasteiger partial charge in [0.25, 0.3) is 5.91 Å². The van der Waals surface area contributed by atoms with Crippen LogP contribution in [0.2, 0.25) is 0 Å². The SMILES string of the molecule is Cc1ccc2nc(C)cc(C(=O)NCCNc3cccnc3)c2c1. The van der Waals surface area contributed by atoms with Gasteiger partial charge in [-0.1, -0.05) is 11.6 Å². The lowest BCUT2D eigenvalue weighted by Gasteiger charge is -2.10. The van der Waals surface area contributed by atoms with Crippen LogP contribution >= 0.6 is 0 Å². The molecule has 0 atom stereocenters. The number of amides is 1. The van der Waals surface area contributed by atoms with E-state index in [4.69, 9.17) is 0 Å². The van der Waals surface area contributed by atoms with E-state index in [1.807, 2.05) is 50.2 Å². The van der Waals surface area contributed by atoms with Gasteiger partial charge in [0.1, 0.15) is 0 Å². The van der Waals surface area contributed by atoms with Crippen LogP contribution in [-0.4, -0.2) is 29.0 Å². The number of anilines is 1. The van der Waals surface area contributed by atoms with E-state index in [0.717, 1.165) is 27.8 Å². The van der Waals surface area contributed by atoms with Crippen molar-refractivity contribution in [2.24, 2.45) is 0 Å². The molecule has 0 radical (unpaired) electrons. The fourth-order valence-electron chi connectivity index (χ4n) is 2.61. The van der Waals surface area contributed by atoms with Crippen molar-refractivity contribution < 1.29 is 4.79 Å². The number of rotatable bonds is 5. The van der Waals surface area contributed by atoms with E-state index >= 15 is 0 Å². The topological polar surface area (TPSA) is 66.9 Å². The van der Waals surface area contributed by atoms with Crippen molar-refractivity contribution in [2.45, 2.75) is 13.8 Å². The van der Waals surface area contributed by atoms with E-state index in [1.165, 1.54) is 0 Å². The second-order valence-electron chi connectivity index (χ2n) is 5.76. The number of benzene rings is 1. The zero-order valence-electron chi connectivity index (χ0n) is 13.8. The van der Waals surface area contributed by atoms with Crippen molar-refractivity contribution in [3.8, 4) is 0 Å². The van der Waals surface area contributed by atoms with E-state index in [9.17, 15) is 4.79 Å². The number of nitrogens with zero attached hydrogens (tertiary/aromatic N) is 2. The summed E-state index contributed by atoms with van der Waals surface area (Å²) in [5, 5.41) is 7.07. The molecule has 0 saturated carbocycles. The second-order valence-corrected chi connectivity index (χ2v) is 5.76. The van der Waals surface area contributed by atoms with Crippen molar-refractivity contribution in [3.63, 3.8) is 0 Å². The predicted molar refractivity (Wildman–Crippen MR) is 96.3 cm³/mol. The summed E-state index contributed by atoms with van der Waals surface area (Å²) in [6.45, 7) is 5.08. The zero-order chi connectivity index (χ0) is 16.9. The maximum atomic E-state index is 12.6. The van der Waals surface area contributed by atoms with Gasteiger partial charge >= 0.3 is 0 Å². The lowest BCUT2D eigenvalue weighted by molar-refractivity contribution is 0.0956. The first-order valence-corrected chi connectivity index (χ1v) is 7.93. The van der Waals surface area contributed by atoms with E-state index < -0.39 is 0 Å². The average Bonchev–Trinajstić information content (AvgIpc) is 2.59.